The molecule has 2 aromatic rings. The van der Waals surface area contributed by atoms with Crippen molar-refractivity contribution in [2.45, 2.75) is 24.0 Å². The van der Waals surface area contributed by atoms with Gasteiger partial charge in [0.05, 0.1) is 18.1 Å². The number of amides is 1. The van der Waals surface area contributed by atoms with E-state index in [1.165, 1.54) is 24.5 Å². The number of rotatable bonds is 6. The van der Waals surface area contributed by atoms with E-state index in [-0.39, 0.29) is 24.7 Å². The first-order valence-electron chi connectivity index (χ1n) is 8.55. The molecule has 2 N–H and O–H groups in total. The molecule has 150 valence electrons. The zero-order chi connectivity index (χ0) is 20.2. The van der Waals surface area contributed by atoms with Crippen LogP contribution in [0.5, 0.6) is 5.75 Å². The molecule has 0 saturated carbocycles. The minimum absolute atomic E-state index is 0.00739. The summed E-state index contributed by atoms with van der Waals surface area (Å²) in [6.07, 6.45) is 3.33. The van der Waals surface area contributed by atoms with Crippen LogP contribution < -0.4 is 10.2 Å². The van der Waals surface area contributed by atoms with Crippen LogP contribution in [-0.2, 0) is 26.2 Å². The van der Waals surface area contributed by atoms with Crippen LogP contribution in [-0.4, -0.2) is 54.1 Å². The van der Waals surface area contributed by atoms with Crippen molar-refractivity contribution >= 4 is 15.9 Å². The number of aromatic nitrogens is 1. The standard InChI is InChI=1S/C18H21N3O6S/c1-18(17(22)20-23)13-26-11-10-21(18)28(24,25)16-4-2-15(3-5-16)27-12-14-6-8-19-9-7-14/h2-9,23H,10-13H2,1H3,(H,20,22)/t18-/m1/s1. The predicted octanol–water partition coefficient (Wildman–Crippen LogP) is 0.946. The van der Waals surface area contributed by atoms with E-state index in [4.69, 9.17) is 14.7 Å². The van der Waals surface area contributed by atoms with Gasteiger partial charge in [-0.1, -0.05) is 0 Å². The van der Waals surface area contributed by atoms with Crippen molar-refractivity contribution in [1.29, 1.82) is 0 Å². The molecule has 28 heavy (non-hydrogen) atoms. The maximum atomic E-state index is 13.1. The summed E-state index contributed by atoms with van der Waals surface area (Å²) in [6.45, 7) is 1.72. The Labute approximate surface area is 162 Å². The Morgan fingerprint density at radius 1 is 1.29 bits per heavy atom. The number of hydrogen-bond donors (Lipinski definition) is 2. The lowest BCUT2D eigenvalue weighted by atomic mass is 10.0. The fraction of sp³-hybridized carbons (Fsp3) is 0.333. The highest BCUT2D eigenvalue weighted by Crippen LogP contribution is 2.29. The van der Waals surface area contributed by atoms with E-state index in [0.29, 0.717) is 12.4 Å². The fourth-order valence-electron chi connectivity index (χ4n) is 2.90. The SMILES string of the molecule is C[C@]1(C(=O)NO)COCCN1S(=O)(=O)c1ccc(OCc2ccncc2)cc1. The van der Waals surface area contributed by atoms with Crippen LogP contribution in [0.25, 0.3) is 0 Å². The van der Waals surface area contributed by atoms with E-state index in [1.807, 2.05) is 12.1 Å². The highest BCUT2D eigenvalue weighted by molar-refractivity contribution is 7.89. The van der Waals surface area contributed by atoms with Gasteiger partial charge in [-0.3, -0.25) is 15.0 Å². The van der Waals surface area contributed by atoms with Gasteiger partial charge in [-0.05, 0) is 48.9 Å². The Bertz CT molecular complexity index is 920. The first-order chi connectivity index (χ1) is 13.4. The first kappa shape index (κ1) is 20.2. The molecule has 0 unspecified atom stereocenters. The molecule has 1 aromatic heterocycles. The van der Waals surface area contributed by atoms with Crippen LogP contribution in [0.1, 0.15) is 12.5 Å². The van der Waals surface area contributed by atoms with Crippen molar-refractivity contribution in [3.63, 3.8) is 0 Å². The molecule has 3 rings (SSSR count). The Morgan fingerprint density at radius 3 is 2.61 bits per heavy atom. The van der Waals surface area contributed by atoms with Crippen LogP contribution >= 0.6 is 0 Å². The summed E-state index contributed by atoms with van der Waals surface area (Å²) >= 11 is 0. The predicted molar refractivity (Wildman–Crippen MR) is 98.1 cm³/mol. The Kier molecular flexibility index (Phi) is 5.94. The van der Waals surface area contributed by atoms with Crippen molar-refractivity contribution in [2.75, 3.05) is 19.8 Å². The molecule has 0 radical (unpaired) electrons. The van der Waals surface area contributed by atoms with Crippen LogP contribution in [0.4, 0.5) is 0 Å². The van der Waals surface area contributed by atoms with Gasteiger partial charge in [-0.2, -0.15) is 4.31 Å². The smallest absolute Gasteiger partial charge is 0.266 e. The summed E-state index contributed by atoms with van der Waals surface area (Å²) in [6, 6.07) is 9.60. The first-order valence-corrected chi connectivity index (χ1v) is 9.99. The number of nitrogens with zero attached hydrogens (tertiary/aromatic N) is 2. The monoisotopic (exact) mass is 407 g/mol. The van der Waals surface area contributed by atoms with Crippen molar-refractivity contribution in [2.24, 2.45) is 0 Å². The lowest BCUT2D eigenvalue weighted by molar-refractivity contribution is -0.146. The number of carbonyl (C=O) groups is 1. The summed E-state index contributed by atoms with van der Waals surface area (Å²) in [5, 5.41) is 9.00. The van der Waals surface area contributed by atoms with E-state index in [2.05, 4.69) is 4.98 Å². The molecule has 0 bridgehead atoms. The lowest BCUT2D eigenvalue weighted by Crippen LogP contribution is -2.64. The maximum absolute atomic E-state index is 13.1. The molecule has 1 atom stereocenters. The number of hydroxylamine groups is 1. The molecule has 1 amide bonds. The van der Waals surface area contributed by atoms with Gasteiger partial charge >= 0.3 is 0 Å². The van der Waals surface area contributed by atoms with E-state index in [0.717, 1.165) is 9.87 Å². The van der Waals surface area contributed by atoms with E-state index >= 15 is 0 Å². The maximum Gasteiger partial charge on any atom is 0.266 e. The average Bonchev–Trinajstić information content (AvgIpc) is 2.73. The number of ether oxygens (including phenoxy) is 2. The zero-order valence-corrected chi connectivity index (χ0v) is 16.1. The van der Waals surface area contributed by atoms with E-state index in [9.17, 15) is 13.2 Å². The minimum Gasteiger partial charge on any atom is -0.489 e. The molecular formula is C18H21N3O6S. The van der Waals surface area contributed by atoms with Crippen molar-refractivity contribution in [3.8, 4) is 5.75 Å². The Morgan fingerprint density at radius 2 is 1.96 bits per heavy atom. The summed E-state index contributed by atoms with van der Waals surface area (Å²) in [7, 11) is -3.99. The number of benzene rings is 1. The number of sulfonamides is 1. The second-order valence-electron chi connectivity index (χ2n) is 6.46. The lowest BCUT2D eigenvalue weighted by Gasteiger charge is -2.41. The second-order valence-corrected chi connectivity index (χ2v) is 8.32. The van der Waals surface area contributed by atoms with Crippen LogP contribution in [0.15, 0.2) is 53.7 Å². The Balaban J connectivity index is 1.78. The summed E-state index contributed by atoms with van der Waals surface area (Å²) in [5.74, 6) is -0.346. The molecule has 1 aromatic carbocycles. The topological polar surface area (TPSA) is 118 Å². The van der Waals surface area contributed by atoms with Gasteiger partial charge in [0.2, 0.25) is 10.0 Å². The van der Waals surface area contributed by atoms with Gasteiger partial charge in [0.15, 0.2) is 0 Å². The number of nitrogens with one attached hydrogen (secondary N) is 1. The van der Waals surface area contributed by atoms with Gasteiger partial charge < -0.3 is 9.47 Å². The molecule has 1 aliphatic heterocycles. The molecule has 10 heteroatoms. The van der Waals surface area contributed by atoms with Crippen LogP contribution in [0, 0.1) is 0 Å². The van der Waals surface area contributed by atoms with Gasteiger partial charge in [0.25, 0.3) is 5.91 Å². The third-order valence-corrected chi connectivity index (χ3v) is 6.56. The highest BCUT2D eigenvalue weighted by Gasteiger charge is 2.48. The minimum atomic E-state index is -3.99. The van der Waals surface area contributed by atoms with Crippen molar-refractivity contribution < 1.29 is 27.9 Å². The molecule has 1 saturated heterocycles. The van der Waals surface area contributed by atoms with Gasteiger partial charge in [-0.25, -0.2) is 13.9 Å². The molecule has 1 fully saturated rings. The number of morpholine rings is 1. The van der Waals surface area contributed by atoms with Crippen molar-refractivity contribution in [3.05, 3.63) is 54.4 Å². The molecule has 0 spiro atoms. The largest absolute Gasteiger partial charge is 0.489 e. The fourth-order valence-corrected chi connectivity index (χ4v) is 4.62. The quantitative estimate of drug-likeness (QED) is 0.540. The van der Waals surface area contributed by atoms with Gasteiger partial charge in [-0.15, -0.1) is 0 Å². The summed E-state index contributed by atoms with van der Waals surface area (Å²) in [5.41, 5.74) is 0.903. The van der Waals surface area contributed by atoms with Crippen molar-refractivity contribution in [1.82, 2.24) is 14.8 Å². The molecule has 2 heterocycles. The van der Waals surface area contributed by atoms with Gasteiger partial charge in [0.1, 0.15) is 17.9 Å². The molecule has 0 aliphatic carbocycles. The third-order valence-electron chi connectivity index (χ3n) is 4.53. The summed E-state index contributed by atoms with van der Waals surface area (Å²) < 4.78 is 38.1. The number of hydrogen-bond acceptors (Lipinski definition) is 7. The Hall–Kier alpha value is -2.53. The van der Waals surface area contributed by atoms with Gasteiger partial charge in [0, 0.05) is 18.9 Å². The highest BCUT2D eigenvalue weighted by atomic mass is 32.2. The number of carbonyl (C=O) groups excluding carboxylic acids is 1. The zero-order valence-electron chi connectivity index (χ0n) is 15.2. The van der Waals surface area contributed by atoms with E-state index < -0.39 is 21.5 Å². The normalized spacial score (nSPS) is 20.5. The summed E-state index contributed by atoms with van der Waals surface area (Å²) in [4.78, 5) is 16.0. The third kappa shape index (κ3) is 3.99. The second kappa shape index (κ2) is 8.23. The number of pyridine rings is 1. The van der Waals surface area contributed by atoms with Crippen LogP contribution in [0.2, 0.25) is 0 Å². The average molecular weight is 407 g/mol. The molecular weight excluding hydrogens is 386 g/mol. The van der Waals surface area contributed by atoms with E-state index in [1.54, 1.807) is 24.5 Å². The molecule has 9 nitrogen and oxygen atoms in total. The van der Waals surface area contributed by atoms with Crippen LogP contribution in [0.3, 0.4) is 0 Å². The molecule has 1 aliphatic rings.